The molecule has 2 heterocycles. The monoisotopic (exact) mass is 386 g/mol. The number of hydrogen-bond donors (Lipinski definition) is 1. The Morgan fingerprint density at radius 2 is 1.82 bits per heavy atom. The van der Waals surface area contributed by atoms with Crippen LogP contribution in [0.25, 0.3) is 21.7 Å². The summed E-state index contributed by atoms with van der Waals surface area (Å²) in [6.07, 6.45) is 0. The molecular formula is C23H18N2O2S. The molecule has 0 amide bonds. The van der Waals surface area contributed by atoms with E-state index in [-0.39, 0.29) is 5.63 Å². The summed E-state index contributed by atoms with van der Waals surface area (Å²) in [5.74, 6) is 0.634. The molecule has 1 aromatic heterocycles. The zero-order valence-corrected chi connectivity index (χ0v) is 16.4. The fourth-order valence-corrected chi connectivity index (χ4v) is 4.46. The van der Waals surface area contributed by atoms with Gasteiger partial charge < -0.3 is 9.73 Å². The molecule has 138 valence electrons. The second-order valence-corrected chi connectivity index (χ2v) is 8.00. The Balaban J connectivity index is 1.50. The summed E-state index contributed by atoms with van der Waals surface area (Å²) in [7, 11) is 0. The Hall–Kier alpha value is -3.05. The molecule has 1 aliphatic heterocycles. The molecule has 0 aliphatic carbocycles. The maximum absolute atomic E-state index is 12.0. The highest BCUT2D eigenvalue weighted by atomic mass is 32.2. The first-order valence-electron chi connectivity index (χ1n) is 9.13. The van der Waals surface area contributed by atoms with Crippen molar-refractivity contribution in [3.63, 3.8) is 0 Å². The van der Waals surface area contributed by atoms with Crippen molar-refractivity contribution < 1.29 is 4.42 Å². The van der Waals surface area contributed by atoms with E-state index >= 15 is 0 Å². The van der Waals surface area contributed by atoms with E-state index in [9.17, 15) is 4.79 Å². The van der Waals surface area contributed by atoms with Crippen molar-refractivity contribution in [3.05, 3.63) is 81.7 Å². The number of hydrogen-bond acceptors (Lipinski definition) is 5. The number of aryl methyl sites for hydroxylation is 2. The standard InChI is InChI=1S/C23H18N2O2S/c1-13-9-17-16(11-21(26)27-20(17)10-14(13)2)12-28-23-24-18-7-3-5-15-6-4-8-19(25-23)22(15)18/h3-11H,12H2,1-2H3,(H,24,25). The lowest BCUT2D eigenvalue weighted by molar-refractivity contribution is 0.559. The van der Waals surface area contributed by atoms with Crippen LogP contribution in [0.5, 0.6) is 0 Å². The lowest BCUT2D eigenvalue weighted by atomic mass is 10.0. The first-order valence-corrected chi connectivity index (χ1v) is 10.1. The number of fused-ring (bicyclic) bond motifs is 1. The Morgan fingerprint density at radius 1 is 1.04 bits per heavy atom. The van der Waals surface area contributed by atoms with Crippen molar-refractivity contribution in [3.8, 4) is 0 Å². The lowest BCUT2D eigenvalue weighted by Crippen LogP contribution is -2.11. The maximum Gasteiger partial charge on any atom is 0.336 e. The summed E-state index contributed by atoms with van der Waals surface area (Å²) in [6.45, 7) is 4.09. The van der Waals surface area contributed by atoms with Gasteiger partial charge in [-0.25, -0.2) is 9.79 Å². The van der Waals surface area contributed by atoms with E-state index in [4.69, 9.17) is 9.41 Å². The zero-order valence-electron chi connectivity index (χ0n) is 15.6. The van der Waals surface area contributed by atoms with Gasteiger partial charge in [0, 0.05) is 22.6 Å². The Kier molecular flexibility index (Phi) is 3.98. The number of anilines is 1. The normalized spacial score (nSPS) is 12.9. The first kappa shape index (κ1) is 17.1. The number of rotatable bonds is 2. The van der Waals surface area contributed by atoms with Gasteiger partial charge in [-0.2, -0.15) is 0 Å². The molecule has 4 aromatic rings. The van der Waals surface area contributed by atoms with Gasteiger partial charge in [0.25, 0.3) is 0 Å². The molecule has 0 saturated carbocycles. The molecular weight excluding hydrogens is 368 g/mol. The van der Waals surface area contributed by atoms with Gasteiger partial charge in [0.2, 0.25) is 0 Å². The largest absolute Gasteiger partial charge is 0.423 e. The number of aliphatic imine (C=N–C) groups is 1. The third kappa shape index (κ3) is 2.88. The fourth-order valence-electron chi connectivity index (χ4n) is 3.59. The molecule has 28 heavy (non-hydrogen) atoms. The minimum atomic E-state index is -0.319. The highest BCUT2D eigenvalue weighted by Gasteiger charge is 2.15. The van der Waals surface area contributed by atoms with Crippen LogP contribution < -0.4 is 10.9 Å². The number of amidine groups is 1. The molecule has 3 aromatic carbocycles. The maximum atomic E-state index is 12.0. The van der Waals surface area contributed by atoms with E-state index in [0.29, 0.717) is 11.3 Å². The smallest absolute Gasteiger partial charge is 0.336 e. The van der Waals surface area contributed by atoms with Gasteiger partial charge in [-0.15, -0.1) is 0 Å². The topological polar surface area (TPSA) is 54.6 Å². The van der Waals surface area contributed by atoms with E-state index < -0.39 is 0 Å². The fraction of sp³-hybridized carbons (Fsp3) is 0.130. The second-order valence-electron chi connectivity index (χ2n) is 7.03. The predicted octanol–water partition coefficient (Wildman–Crippen LogP) is 5.91. The van der Waals surface area contributed by atoms with Crippen LogP contribution >= 0.6 is 11.8 Å². The SMILES string of the molecule is Cc1cc2oc(=O)cc(CSC3=Nc4cccc5cccc(c45)N3)c2cc1C. The lowest BCUT2D eigenvalue weighted by Gasteiger charge is -2.18. The number of nitrogens with zero attached hydrogens (tertiary/aromatic N) is 1. The Labute approximate surface area is 166 Å². The number of nitrogens with one attached hydrogen (secondary N) is 1. The molecule has 1 N–H and O–H groups in total. The second kappa shape index (κ2) is 6.53. The van der Waals surface area contributed by atoms with Gasteiger partial charge in [-0.1, -0.05) is 36.0 Å². The van der Waals surface area contributed by atoms with Gasteiger partial charge in [0.05, 0.1) is 11.4 Å². The van der Waals surface area contributed by atoms with Crippen molar-refractivity contribution in [1.82, 2.24) is 0 Å². The van der Waals surface area contributed by atoms with Gasteiger partial charge in [-0.05, 0) is 60.2 Å². The Morgan fingerprint density at radius 3 is 2.68 bits per heavy atom. The molecule has 0 radical (unpaired) electrons. The molecule has 1 aliphatic rings. The van der Waals surface area contributed by atoms with Crippen LogP contribution in [-0.2, 0) is 5.75 Å². The van der Waals surface area contributed by atoms with Gasteiger partial charge in [0.15, 0.2) is 5.17 Å². The van der Waals surface area contributed by atoms with Crippen molar-refractivity contribution >= 4 is 50.0 Å². The van der Waals surface area contributed by atoms with Gasteiger partial charge >= 0.3 is 5.63 Å². The minimum absolute atomic E-state index is 0.319. The predicted molar refractivity (Wildman–Crippen MR) is 118 cm³/mol. The molecule has 0 bridgehead atoms. The summed E-state index contributed by atoms with van der Waals surface area (Å²) >= 11 is 1.59. The molecule has 0 fully saturated rings. The van der Waals surface area contributed by atoms with Crippen LogP contribution in [0.3, 0.4) is 0 Å². The highest BCUT2D eigenvalue weighted by molar-refractivity contribution is 8.13. The summed E-state index contributed by atoms with van der Waals surface area (Å²) in [5, 5.41) is 7.56. The third-order valence-corrected chi connectivity index (χ3v) is 6.08. The molecule has 0 unspecified atom stereocenters. The van der Waals surface area contributed by atoms with Gasteiger partial charge in [0.1, 0.15) is 5.58 Å². The van der Waals surface area contributed by atoms with Crippen LogP contribution in [0.15, 0.2) is 68.8 Å². The molecule has 4 nitrogen and oxygen atoms in total. The van der Waals surface area contributed by atoms with Crippen LogP contribution in [0, 0.1) is 13.8 Å². The van der Waals surface area contributed by atoms with Crippen LogP contribution in [0.2, 0.25) is 0 Å². The van der Waals surface area contributed by atoms with E-state index in [1.54, 1.807) is 17.8 Å². The summed E-state index contributed by atoms with van der Waals surface area (Å²) in [5.41, 5.74) is 5.61. The number of benzene rings is 3. The van der Waals surface area contributed by atoms with E-state index in [1.165, 1.54) is 10.9 Å². The van der Waals surface area contributed by atoms with Crippen molar-refractivity contribution in [2.75, 3.05) is 5.32 Å². The van der Waals surface area contributed by atoms with Gasteiger partial charge in [-0.3, -0.25) is 0 Å². The van der Waals surface area contributed by atoms with Crippen LogP contribution in [-0.4, -0.2) is 5.17 Å². The molecule has 0 spiro atoms. The van der Waals surface area contributed by atoms with Crippen LogP contribution in [0.1, 0.15) is 16.7 Å². The molecule has 0 saturated heterocycles. The van der Waals surface area contributed by atoms with Crippen molar-refractivity contribution in [1.29, 1.82) is 0 Å². The Bertz CT molecular complexity index is 1330. The first-order chi connectivity index (χ1) is 13.6. The van der Waals surface area contributed by atoms with E-state index in [0.717, 1.165) is 38.4 Å². The quantitative estimate of drug-likeness (QED) is 0.435. The average Bonchev–Trinajstić information content (AvgIpc) is 2.68. The third-order valence-electron chi connectivity index (χ3n) is 5.16. The zero-order chi connectivity index (χ0) is 19.3. The van der Waals surface area contributed by atoms with E-state index in [2.05, 4.69) is 36.5 Å². The minimum Gasteiger partial charge on any atom is -0.423 e. The summed E-state index contributed by atoms with van der Waals surface area (Å²) in [4.78, 5) is 16.8. The molecule has 5 heteroatoms. The summed E-state index contributed by atoms with van der Waals surface area (Å²) < 4.78 is 5.40. The van der Waals surface area contributed by atoms with Crippen molar-refractivity contribution in [2.45, 2.75) is 19.6 Å². The average molecular weight is 386 g/mol. The number of thioether (sulfide) groups is 1. The molecule has 5 rings (SSSR count). The molecule has 0 atom stereocenters. The van der Waals surface area contributed by atoms with Crippen molar-refractivity contribution in [2.24, 2.45) is 4.99 Å². The summed E-state index contributed by atoms with van der Waals surface area (Å²) in [6, 6.07) is 18.0. The van der Waals surface area contributed by atoms with Crippen LogP contribution in [0.4, 0.5) is 11.4 Å². The highest BCUT2D eigenvalue weighted by Crippen LogP contribution is 2.37. The van der Waals surface area contributed by atoms with E-state index in [1.807, 2.05) is 31.2 Å².